The van der Waals surface area contributed by atoms with Gasteiger partial charge in [-0.2, -0.15) is 5.26 Å². The van der Waals surface area contributed by atoms with Gasteiger partial charge in [0.15, 0.2) is 0 Å². The summed E-state index contributed by atoms with van der Waals surface area (Å²) in [5.41, 5.74) is 1.29. The van der Waals surface area contributed by atoms with Crippen molar-refractivity contribution in [3.63, 3.8) is 0 Å². The van der Waals surface area contributed by atoms with E-state index in [1.54, 1.807) is 42.5 Å². The normalized spacial score (nSPS) is 9.50. The first-order valence-electron chi connectivity index (χ1n) is 6.47. The van der Waals surface area contributed by atoms with Crippen LogP contribution in [0, 0.1) is 11.3 Å². The molecule has 112 valence electrons. The van der Waals surface area contributed by atoms with Gasteiger partial charge in [0.2, 0.25) is 0 Å². The zero-order chi connectivity index (χ0) is 15.9. The molecular weight excluding hydrogens is 282 g/mol. The van der Waals surface area contributed by atoms with Crippen LogP contribution in [0.25, 0.3) is 0 Å². The second-order valence-electron chi connectivity index (χ2n) is 4.30. The van der Waals surface area contributed by atoms with E-state index < -0.39 is 6.03 Å². The van der Waals surface area contributed by atoms with Gasteiger partial charge in [0.05, 0.1) is 31.2 Å². The van der Waals surface area contributed by atoms with E-state index in [0.717, 1.165) is 0 Å². The number of anilines is 2. The lowest BCUT2D eigenvalue weighted by molar-refractivity contribution is 0.262. The molecule has 0 radical (unpaired) electrons. The first kappa shape index (κ1) is 15.2. The van der Waals surface area contributed by atoms with Crippen LogP contribution in [-0.4, -0.2) is 20.3 Å². The van der Waals surface area contributed by atoms with Gasteiger partial charge in [0, 0.05) is 6.07 Å². The Bertz CT molecular complexity index is 723. The molecule has 2 N–H and O–H groups in total. The number of para-hydroxylation sites is 1. The summed E-state index contributed by atoms with van der Waals surface area (Å²) in [6.07, 6.45) is 0. The van der Waals surface area contributed by atoms with E-state index in [9.17, 15) is 4.79 Å². The molecule has 2 rings (SSSR count). The number of methoxy groups -OCH3 is 2. The number of benzene rings is 2. The number of hydrogen-bond acceptors (Lipinski definition) is 4. The average Bonchev–Trinajstić information content (AvgIpc) is 2.55. The summed E-state index contributed by atoms with van der Waals surface area (Å²) in [7, 11) is 3.05. The molecule has 0 bridgehead atoms. The van der Waals surface area contributed by atoms with E-state index in [-0.39, 0.29) is 0 Å². The van der Waals surface area contributed by atoms with Gasteiger partial charge in [0.25, 0.3) is 0 Å². The lowest BCUT2D eigenvalue weighted by atomic mass is 10.2. The standard InChI is InChI=1S/C16H15N3O3/c1-21-12-7-8-15(22-2)14(9-12)19-16(20)18-13-6-4-3-5-11(13)10-17/h3-9H,1-2H3,(H2,18,19,20). The third-order valence-electron chi connectivity index (χ3n) is 2.95. The van der Waals surface area contributed by atoms with Crippen LogP contribution < -0.4 is 20.1 Å². The highest BCUT2D eigenvalue weighted by Crippen LogP contribution is 2.29. The van der Waals surface area contributed by atoms with E-state index in [1.807, 2.05) is 6.07 Å². The predicted molar refractivity (Wildman–Crippen MR) is 83.3 cm³/mol. The third kappa shape index (κ3) is 3.46. The number of urea groups is 1. The second kappa shape index (κ2) is 6.99. The van der Waals surface area contributed by atoms with Crippen LogP contribution in [0.3, 0.4) is 0 Å². The fourth-order valence-electron chi connectivity index (χ4n) is 1.88. The minimum Gasteiger partial charge on any atom is -0.497 e. The maximum atomic E-state index is 12.1. The molecule has 0 aromatic heterocycles. The highest BCUT2D eigenvalue weighted by Gasteiger charge is 2.10. The monoisotopic (exact) mass is 297 g/mol. The fraction of sp³-hybridized carbons (Fsp3) is 0.125. The molecular formula is C16H15N3O3. The van der Waals surface area contributed by atoms with E-state index in [4.69, 9.17) is 14.7 Å². The van der Waals surface area contributed by atoms with Gasteiger partial charge in [0.1, 0.15) is 17.6 Å². The van der Waals surface area contributed by atoms with Crippen molar-refractivity contribution in [2.75, 3.05) is 24.9 Å². The van der Waals surface area contributed by atoms with E-state index in [0.29, 0.717) is 28.4 Å². The highest BCUT2D eigenvalue weighted by molar-refractivity contribution is 6.01. The number of nitrogens with zero attached hydrogens (tertiary/aromatic N) is 1. The topological polar surface area (TPSA) is 83.4 Å². The predicted octanol–water partition coefficient (Wildman–Crippen LogP) is 3.22. The zero-order valence-electron chi connectivity index (χ0n) is 12.2. The highest BCUT2D eigenvalue weighted by atomic mass is 16.5. The summed E-state index contributed by atoms with van der Waals surface area (Å²) >= 11 is 0. The molecule has 0 aliphatic heterocycles. The minimum absolute atomic E-state index is 0.384. The van der Waals surface area contributed by atoms with Gasteiger partial charge in [-0.25, -0.2) is 4.79 Å². The summed E-state index contributed by atoms with van der Waals surface area (Å²) in [6.45, 7) is 0. The van der Waals surface area contributed by atoms with Crippen LogP contribution in [-0.2, 0) is 0 Å². The minimum atomic E-state index is -0.478. The largest absolute Gasteiger partial charge is 0.497 e. The van der Waals surface area contributed by atoms with Gasteiger partial charge < -0.3 is 20.1 Å². The molecule has 0 atom stereocenters. The molecule has 0 saturated carbocycles. The first-order chi connectivity index (χ1) is 10.7. The Morgan fingerprint density at radius 3 is 2.45 bits per heavy atom. The van der Waals surface area contributed by atoms with Crippen molar-refractivity contribution in [1.82, 2.24) is 0 Å². The van der Waals surface area contributed by atoms with Crippen LogP contribution in [0.5, 0.6) is 11.5 Å². The van der Waals surface area contributed by atoms with Crippen molar-refractivity contribution >= 4 is 17.4 Å². The van der Waals surface area contributed by atoms with Crippen LogP contribution in [0.2, 0.25) is 0 Å². The van der Waals surface area contributed by atoms with E-state index in [1.165, 1.54) is 14.2 Å². The van der Waals surface area contributed by atoms with Gasteiger partial charge in [-0.3, -0.25) is 0 Å². The molecule has 6 nitrogen and oxygen atoms in total. The second-order valence-corrected chi connectivity index (χ2v) is 4.30. The molecule has 0 saturated heterocycles. The number of hydrogen-bond donors (Lipinski definition) is 2. The van der Waals surface area contributed by atoms with Crippen molar-refractivity contribution in [1.29, 1.82) is 5.26 Å². The zero-order valence-corrected chi connectivity index (χ0v) is 12.2. The molecule has 2 aromatic carbocycles. The number of amides is 2. The van der Waals surface area contributed by atoms with Gasteiger partial charge >= 0.3 is 6.03 Å². The molecule has 2 amide bonds. The lowest BCUT2D eigenvalue weighted by Crippen LogP contribution is -2.20. The van der Waals surface area contributed by atoms with Gasteiger partial charge in [-0.05, 0) is 24.3 Å². The van der Waals surface area contributed by atoms with Crippen molar-refractivity contribution < 1.29 is 14.3 Å². The molecule has 0 fully saturated rings. The lowest BCUT2D eigenvalue weighted by Gasteiger charge is -2.13. The van der Waals surface area contributed by atoms with Crippen molar-refractivity contribution in [2.24, 2.45) is 0 Å². The van der Waals surface area contributed by atoms with E-state index in [2.05, 4.69) is 10.6 Å². The Labute approximate surface area is 128 Å². The quantitative estimate of drug-likeness (QED) is 0.907. The summed E-state index contributed by atoms with van der Waals surface area (Å²) in [6, 6.07) is 13.4. The molecule has 0 unspecified atom stereocenters. The smallest absolute Gasteiger partial charge is 0.323 e. The first-order valence-corrected chi connectivity index (χ1v) is 6.47. The van der Waals surface area contributed by atoms with E-state index >= 15 is 0 Å². The van der Waals surface area contributed by atoms with Crippen LogP contribution in [0.1, 0.15) is 5.56 Å². The van der Waals surface area contributed by atoms with Crippen molar-refractivity contribution in [3.8, 4) is 17.6 Å². The molecule has 0 heterocycles. The molecule has 0 aliphatic carbocycles. The Balaban J connectivity index is 2.17. The van der Waals surface area contributed by atoms with Crippen LogP contribution in [0.15, 0.2) is 42.5 Å². The third-order valence-corrected chi connectivity index (χ3v) is 2.95. The average molecular weight is 297 g/mol. The Morgan fingerprint density at radius 1 is 1.05 bits per heavy atom. The van der Waals surface area contributed by atoms with Crippen LogP contribution in [0.4, 0.5) is 16.2 Å². The Kier molecular flexibility index (Phi) is 4.83. The number of carbonyl (C=O) groups is 1. The van der Waals surface area contributed by atoms with Crippen molar-refractivity contribution in [2.45, 2.75) is 0 Å². The molecule has 0 aliphatic rings. The molecule has 6 heteroatoms. The Hall–Kier alpha value is -3.20. The van der Waals surface area contributed by atoms with Gasteiger partial charge in [-0.1, -0.05) is 12.1 Å². The molecule has 0 spiro atoms. The number of carbonyl (C=O) groups excluding carboxylic acids is 1. The summed E-state index contributed by atoms with van der Waals surface area (Å²) in [5.74, 6) is 1.10. The Morgan fingerprint density at radius 2 is 1.77 bits per heavy atom. The number of rotatable bonds is 4. The number of nitrogens with one attached hydrogen (secondary N) is 2. The van der Waals surface area contributed by atoms with Crippen molar-refractivity contribution in [3.05, 3.63) is 48.0 Å². The van der Waals surface area contributed by atoms with Crippen LogP contribution >= 0.6 is 0 Å². The number of ether oxygens (including phenoxy) is 2. The molecule has 2 aromatic rings. The number of nitriles is 1. The SMILES string of the molecule is COc1ccc(OC)c(NC(=O)Nc2ccccc2C#N)c1. The fourth-order valence-corrected chi connectivity index (χ4v) is 1.88. The van der Waals surface area contributed by atoms with Gasteiger partial charge in [-0.15, -0.1) is 0 Å². The summed E-state index contributed by atoms with van der Waals surface area (Å²) in [4.78, 5) is 12.1. The maximum absolute atomic E-state index is 12.1. The maximum Gasteiger partial charge on any atom is 0.323 e. The molecule has 22 heavy (non-hydrogen) atoms. The summed E-state index contributed by atoms with van der Waals surface area (Å²) < 4.78 is 10.3. The summed E-state index contributed by atoms with van der Waals surface area (Å²) in [5, 5.41) is 14.3.